The number of hydrogen-bond donors (Lipinski definition) is 0. The van der Waals surface area contributed by atoms with Crippen LogP contribution >= 0.6 is 0 Å². The number of rotatable bonds is 5. The summed E-state index contributed by atoms with van der Waals surface area (Å²) < 4.78 is 0. The SMILES string of the molecule is CC1(C)c2cc(-c3ccccc3)ccc2-c2c(N(c3ccc(-c4ccccc4)cc3)c3ccc4ccccc4c3)cccc2C1(C)C. The van der Waals surface area contributed by atoms with Crippen molar-refractivity contribution in [3.63, 3.8) is 0 Å². The van der Waals surface area contributed by atoms with Gasteiger partial charge in [0.1, 0.15) is 0 Å². The Labute approximate surface area is 278 Å². The lowest BCUT2D eigenvalue weighted by atomic mass is 9.55. The summed E-state index contributed by atoms with van der Waals surface area (Å²) in [5.74, 6) is 0. The molecule has 1 heteroatoms. The standard InChI is InChI=1S/C46H39N/c1-45(2)41-20-13-21-43(44(41)40-29-25-37(31-42(40)46(45,3)4)33-16-9-6-10-17-33)47(39-28-24-34-18-11-12-19-36(34)30-39)38-26-22-35(23-27-38)32-14-7-5-8-15-32/h5-31H,1-4H3. The van der Waals surface area contributed by atoms with E-state index in [1.54, 1.807) is 0 Å². The summed E-state index contributed by atoms with van der Waals surface area (Å²) in [5, 5.41) is 2.47. The largest absolute Gasteiger partial charge is 0.310 e. The zero-order valence-electron chi connectivity index (χ0n) is 27.5. The molecule has 0 heterocycles. The van der Waals surface area contributed by atoms with Crippen LogP contribution in [0, 0.1) is 0 Å². The number of fused-ring (bicyclic) bond motifs is 4. The molecule has 0 spiro atoms. The van der Waals surface area contributed by atoms with E-state index in [-0.39, 0.29) is 10.8 Å². The highest BCUT2D eigenvalue weighted by Gasteiger charge is 2.47. The maximum Gasteiger partial charge on any atom is 0.0543 e. The second-order valence-electron chi connectivity index (χ2n) is 13.9. The second kappa shape index (κ2) is 11.1. The predicted molar refractivity (Wildman–Crippen MR) is 201 cm³/mol. The van der Waals surface area contributed by atoms with Crippen molar-refractivity contribution in [2.45, 2.75) is 38.5 Å². The van der Waals surface area contributed by atoms with Gasteiger partial charge in [-0.2, -0.15) is 0 Å². The van der Waals surface area contributed by atoms with Crippen LogP contribution in [0.2, 0.25) is 0 Å². The Morgan fingerprint density at radius 3 is 1.64 bits per heavy atom. The fraction of sp³-hybridized carbons (Fsp3) is 0.130. The predicted octanol–water partition coefficient (Wildman–Crippen LogP) is 12.9. The van der Waals surface area contributed by atoms with E-state index in [2.05, 4.69) is 196 Å². The van der Waals surface area contributed by atoms with Crippen LogP contribution in [0.25, 0.3) is 44.2 Å². The quantitative estimate of drug-likeness (QED) is 0.189. The van der Waals surface area contributed by atoms with Crippen molar-refractivity contribution >= 4 is 27.8 Å². The summed E-state index contributed by atoms with van der Waals surface area (Å²) in [7, 11) is 0. The summed E-state index contributed by atoms with van der Waals surface area (Å²) >= 11 is 0. The van der Waals surface area contributed by atoms with Gasteiger partial charge in [-0.05, 0) is 96.9 Å². The first kappa shape index (κ1) is 29.0. The van der Waals surface area contributed by atoms with Gasteiger partial charge in [0.2, 0.25) is 0 Å². The van der Waals surface area contributed by atoms with Crippen molar-refractivity contribution in [2.75, 3.05) is 4.90 Å². The van der Waals surface area contributed by atoms with E-state index in [0.29, 0.717) is 0 Å². The Bertz CT molecular complexity index is 2220. The molecule has 0 radical (unpaired) electrons. The van der Waals surface area contributed by atoms with Gasteiger partial charge >= 0.3 is 0 Å². The van der Waals surface area contributed by atoms with Crippen LogP contribution in [0.4, 0.5) is 17.1 Å². The Balaban J connectivity index is 1.37. The molecule has 8 rings (SSSR count). The fourth-order valence-corrected chi connectivity index (χ4v) is 7.47. The van der Waals surface area contributed by atoms with Crippen LogP contribution in [0.5, 0.6) is 0 Å². The van der Waals surface area contributed by atoms with Crippen LogP contribution < -0.4 is 4.90 Å². The van der Waals surface area contributed by atoms with E-state index in [1.807, 2.05) is 0 Å². The summed E-state index contributed by atoms with van der Waals surface area (Å²) in [6.45, 7) is 9.67. The Hall–Kier alpha value is -5.40. The maximum absolute atomic E-state index is 2.46. The van der Waals surface area contributed by atoms with Crippen molar-refractivity contribution in [1.82, 2.24) is 0 Å². The molecule has 228 valence electrons. The van der Waals surface area contributed by atoms with Gasteiger partial charge in [-0.15, -0.1) is 0 Å². The average molecular weight is 606 g/mol. The lowest BCUT2D eigenvalue weighted by Gasteiger charge is -2.49. The molecular weight excluding hydrogens is 567 g/mol. The second-order valence-corrected chi connectivity index (χ2v) is 13.9. The minimum atomic E-state index is -0.118. The van der Waals surface area contributed by atoms with Crippen LogP contribution in [0.1, 0.15) is 38.8 Å². The van der Waals surface area contributed by atoms with Gasteiger partial charge in [0, 0.05) is 16.9 Å². The van der Waals surface area contributed by atoms with Gasteiger partial charge in [0.05, 0.1) is 5.69 Å². The van der Waals surface area contributed by atoms with E-state index in [4.69, 9.17) is 0 Å². The lowest BCUT2D eigenvalue weighted by molar-refractivity contribution is 0.299. The zero-order valence-corrected chi connectivity index (χ0v) is 27.5. The third-order valence-corrected chi connectivity index (χ3v) is 10.8. The molecule has 0 unspecified atom stereocenters. The highest BCUT2D eigenvalue weighted by Crippen LogP contribution is 2.57. The first-order chi connectivity index (χ1) is 22.8. The molecule has 0 aromatic heterocycles. The summed E-state index contributed by atoms with van der Waals surface area (Å²) in [4.78, 5) is 2.46. The molecule has 0 N–H and O–H groups in total. The van der Waals surface area contributed by atoms with E-state index in [0.717, 1.165) is 11.4 Å². The molecule has 0 bridgehead atoms. The Kier molecular flexibility index (Phi) is 6.88. The molecule has 0 aliphatic heterocycles. The highest BCUT2D eigenvalue weighted by atomic mass is 15.1. The Morgan fingerprint density at radius 2 is 0.936 bits per heavy atom. The average Bonchev–Trinajstić information content (AvgIpc) is 3.12. The molecule has 7 aromatic rings. The molecule has 0 saturated heterocycles. The molecule has 1 nitrogen and oxygen atoms in total. The third kappa shape index (κ3) is 4.77. The molecule has 1 aliphatic rings. The molecule has 1 aliphatic carbocycles. The van der Waals surface area contributed by atoms with E-state index in [9.17, 15) is 0 Å². The van der Waals surface area contributed by atoms with Crippen LogP contribution in [-0.4, -0.2) is 0 Å². The van der Waals surface area contributed by atoms with Crippen molar-refractivity contribution in [1.29, 1.82) is 0 Å². The third-order valence-electron chi connectivity index (χ3n) is 10.8. The van der Waals surface area contributed by atoms with Crippen molar-refractivity contribution in [3.8, 4) is 33.4 Å². The first-order valence-corrected chi connectivity index (χ1v) is 16.6. The smallest absolute Gasteiger partial charge is 0.0543 e. The number of benzene rings is 7. The first-order valence-electron chi connectivity index (χ1n) is 16.6. The molecule has 0 fully saturated rings. The zero-order chi connectivity index (χ0) is 32.2. The lowest BCUT2D eigenvalue weighted by Crippen LogP contribution is -2.43. The number of anilines is 3. The van der Waals surface area contributed by atoms with Gasteiger partial charge in [-0.25, -0.2) is 0 Å². The van der Waals surface area contributed by atoms with Gasteiger partial charge in [0.25, 0.3) is 0 Å². The number of hydrogen-bond acceptors (Lipinski definition) is 1. The fourth-order valence-electron chi connectivity index (χ4n) is 7.47. The number of nitrogens with zero attached hydrogens (tertiary/aromatic N) is 1. The van der Waals surface area contributed by atoms with E-state index in [1.165, 1.54) is 61.0 Å². The minimum absolute atomic E-state index is 0.0934. The van der Waals surface area contributed by atoms with E-state index >= 15 is 0 Å². The molecular formula is C46H39N. The molecule has 0 atom stereocenters. The van der Waals surface area contributed by atoms with Gasteiger partial charge < -0.3 is 4.90 Å². The molecule has 0 amide bonds. The normalized spacial score (nSPS) is 14.3. The highest BCUT2D eigenvalue weighted by molar-refractivity contribution is 5.96. The van der Waals surface area contributed by atoms with Gasteiger partial charge in [-0.3, -0.25) is 0 Å². The van der Waals surface area contributed by atoms with Crippen LogP contribution in [0.3, 0.4) is 0 Å². The van der Waals surface area contributed by atoms with E-state index < -0.39 is 0 Å². The topological polar surface area (TPSA) is 3.24 Å². The van der Waals surface area contributed by atoms with Gasteiger partial charge in [-0.1, -0.05) is 155 Å². The summed E-state index contributed by atoms with van der Waals surface area (Å²) in [6.07, 6.45) is 0. The molecule has 47 heavy (non-hydrogen) atoms. The Morgan fingerprint density at radius 1 is 0.383 bits per heavy atom. The monoisotopic (exact) mass is 605 g/mol. The van der Waals surface area contributed by atoms with Crippen LogP contribution in [0.15, 0.2) is 164 Å². The summed E-state index contributed by atoms with van der Waals surface area (Å²) in [6, 6.07) is 59.9. The van der Waals surface area contributed by atoms with Gasteiger partial charge in [0.15, 0.2) is 0 Å². The van der Waals surface area contributed by atoms with Crippen molar-refractivity contribution in [3.05, 3.63) is 175 Å². The summed E-state index contributed by atoms with van der Waals surface area (Å²) in [5.41, 5.74) is 13.6. The van der Waals surface area contributed by atoms with Crippen molar-refractivity contribution < 1.29 is 0 Å². The maximum atomic E-state index is 2.46. The molecule has 0 saturated carbocycles. The molecule has 7 aromatic carbocycles. The van der Waals surface area contributed by atoms with Crippen LogP contribution in [-0.2, 0) is 10.8 Å². The minimum Gasteiger partial charge on any atom is -0.310 e. The van der Waals surface area contributed by atoms with Crippen molar-refractivity contribution in [2.24, 2.45) is 0 Å².